The first-order valence-corrected chi connectivity index (χ1v) is 7.18. The zero-order chi connectivity index (χ0) is 14.8. The van der Waals surface area contributed by atoms with Gasteiger partial charge in [-0.3, -0.25) is 4.90 Å². The number of aliphatic imine (C=N–C) groups is 2. The van der Waals surface area contributed by atoms with Gasteiger partial charge in [-0.2, -0.15) is 0 Å². The highest BCUT2D eigenvalue weighted by atomic mass is 16.5. The molecule has 0 spiro atoms. The van der Waals surface area contributed by atoms with E-state index in [2.05, 4.69) is 53.4 Å². The topological polar surface area (TPSA) is 49.2 Å². The Bertz CT molecular complexity index is 381. The summed E-state index contributed by atoms with van der Waals surface area (Å²) in [5.74, 6) is 1.30. The number of nitrogens with one attached hydrogen (secondary N) is 1. The number of nitrogens with zero attached hydrogens (tertiary/aromatic N) is 3. The molecule has 1 aliphatic heterocycles. The summed E-state index contributed by atoms with van der Waals surface area (Å²) in [6, 6.07) is 0. The van der Waals surface area contributed by atoms with Crippen LogP contribution in [0, 0.1) is 0 Å². The second-order valence-electron chi connectivity index (χ2n) is 4.64. The lowest BCUT2D eigenvalue weighted by Gasteiger charge is -2.26. The van der Waals surface area contributed by atoms with Gasteiger partial charge in [-0.25, -0.2) is 9.98 Å². The Labute approximate surface area is 122 Å². The van der Waals surface area contributed by atoms with Gasteiger partial charge in [0.05, 0.1) is 19.8 Å². The Balaban J connectivity index is 2.56. The van der Waals surface area contributed by atoms with Gasteiger partial charge >= 0.3 is 0 Å². The Morgan fingerprint density at radius 1 is 1.35 bits per heavy atom. The number of morpholine rings is 1. The second-order valence-corrected chi connectivity index (χ2v) is 4.64. The van der Waals surface area contributed by atoms with Crippen molar-refractivity contribution in [1.29, 1.82) is 0 Å². The number of ether oxygens (including phenoxy) is 1. The molecule has 0 bridgehead atoms. The number of hydrogen-bond acceptors (Lipinski definition) is 4. The molecule has 0 amide bonds. The molecule has 0 atom stereocenters. The minimum absolute atomic E-state index is 0.613. The number of rotatable bonds is 7. The summed E-state index contributed by atoms with van der Waals surface area (Å²) >= 11 is 0. The molecular weight excluding hydrogens is 252 g/mol. The van der Waals surface area contributed by atoms with Crippen molar-refractivity contribution < 1.29 is 4.74 Å². The zero-order valence-electron chi connectivity index (χ0n) is 12.7. The molecule has 0 saturated carbocycles. The van der Waals surface area contributed by atoms with Crippen LogP contribution in [0.3, 0.4) is 0 Å². The third-order valence-electron chi connectivity index (χ3n) is 3.05. The monoisotopic (exact) mass is 278 g/mol. The van der Waals surface area contributed by atoms with Gasteiger partial charge in [0.15, 0.2) is 0 Å². The summed E-state index contributed by atoms with van der Waals surface area (Å²) in [5.41, 5.74) is 1.14. The standard InChI is InChI=1S/C15H26N4O/c1-5-7-14(6-2)17-13(3)18-15(16-4)12-19-8-10-20-11-9-19/h7,17H,3-6,8-12H2,1-2H3/b14-7+,18-15?. The van der Waals surface area contributed by atoms with E-state index in [-0.39, 0.29) is 0 Å². The first kappa shape index (κ1) is 16.6. The molecule has 1 heterocycles. The lowest BCUT2D eigenvalue weighted by molar-refractivity contribution is 0.0452. The fourth-order valence-corrected chi connectivity index (χ4v) is 1.98. The molecule has 0 aromatic carbocycles. The van der Waals surface area contributed by atoms with E-state index in [1.54, 1.807) is 0 Å². The quantitative estimate of drug-likeness (QED) is 0.573. The smallest absolute Gasteiger partial charge is 0.143 e. The largest absolute Gasteiger partial charge is 0.379 e. The molecule has 20 heavy (non-hydrogen) atoms. The normalized spacial score (nSPS) is 17.9. The highest BCUT2D eigenvalue weighted by Crippen LogP contribution is 2.04. The van der Waals surface area contributed by atoms with Crippen molar-refractivity contribution in [2.24, 2.45) is 9.98 Å². The molecule has 0 unspecified atom stereocenters. The molecule has 5 nitrogen and oxygen atoms in total. The minimum atomic E-state index is 0.613. The van der Waals surface area contributed by atoms with Gasteiger partial charge in [0.2, 0.25) is 0 Å². The summed E-state index contributed by atoms with van der Waals surface area (Å²) in [4.78, 5) is 10.7. The maximum atomic E-state index is 5.32. The summed E-state index contributed by atoms with van der Waals surface area (Å²) in [6.07, 6.45) is 4.07. The van der Waals surface area contributed by atoms with Crippen LogP contribution in [0.25, 0.3) is 0 Å². The molecule has 0 aliphatic carbocycles. The van der Waals surface area contributed by atoms with Crippen LogP contribution in [-0.2, 0) is 4.74 Å². The Hall–Kier alpha value is -1.46. The maximum Gasteiger partial charge on any atom is 0.143 e. The van der Waals surface area contributed by atoms with Crippen molar-refractivity contribution in [3.05, 3.63) is 24.2 Å². The molecular formula is C15H26N4O. The van der Waals surface area contributed by atoms with Gasteiger partial charge in [0.25, 0.3) is 0 Å². The van der Waals surface area contributed by atoms with E-state index in [1.807, 2.05) is 0 Å². The first-order valence-electron chi connectivity index (χ1n) is 7.18. The Kier molecular flexibility index (Phi) is 7.84. The van der Waals surface area contributed by atoms with Crippen LogP contribution in [0.4, 0.5) is 0 Å². The van der Waals surface area contributed by atoms with E-state index in [0.29, 0.717) is 18.2 Å². The third-order valence-corrected chi connectivity index (χ3v) is 3.05. The van der Waals surface area contributed by atoms with Crippen LogP contribution in [0.5, 0.6) is 0 Å². The highest BCUT2D eigenvalue weighted by Gasteiger charge is 2.12. The van der Waals surface area contributed by atoms with E-state index >= 15 is 0 Å². The van der Waals surface area contributed by atoms with E-state index in [9.17, 15) is 0 Å². The highest BCUT2D eigenvalue weighted by molar-refractivity contribution is 5.88. The van der Waals surface area contributed by atoms with E-state index in [1.165, 1.54) is 0 Å². The predicted octanol–water partition coefficient (Wildman–Crippen LogP) is 2.18. The molecule has 1 rings (SSSR count). The fourth-order valence-electron chi connectivity index (χ4n) is 1.98. The van der Waals surface area contributed by atoms with Gasteiger partial charge < -0.3 is 10.1 Å². The second kappa shape index (κ2) is 9.44. The van der Waals surface area contributed by atoms with Gasteiger partial charge in [-0.05, 0) is 19.6 Å². The van der Waals surface area contributed by atoms with Crippen LogP contribution < -0.4 is 5.32 Å². The van der Waals surface area contributed by atoms with Gasteiger partial charge in [-0.15, -0.1) is 0 Å². The predicted molar refractivity (Wildman–Crippen MR) is 85.2 cm³/mol. The molecule has 0 radical (unpaired) electrons. The molecule has 1 aliphatic rings. The van der Waals surface area contributed by atoms with Crippen molar-refractivity contribution in [3.63, 3.8) is 0 Å². The number of allylic oxidation sites excluding steroid dienone is 2. The van der Waals surface area contributed by atoms with E-state index < -0.39 is 0 Å². The lowest BCUT2D eigenvalue weighted by atomic mass is 10.3. The van der Waals surface area contributed by atoms with Crippen LogP contribution in [-0.4, -0.2) is 50.3 Å². The third kappa shape index (κ3) is 6.12. The molecule has 0 aromatic heterocycles. The Morgan fingerprint density at radius 3 is 2.60 bits per heavy atom. The van der Waals surface area contributed by atoms with Crippen LogP contribution in [0.2, 0.25) is 0 Å². The van der Waals surface area contributed by atoms with Gasteiger partial charge in [0.1, 0.15) is 11.7 Å². The van der Waals surface area contributed by atoms with Crippen molar-refractivity contribution >= 4 is 12.6 Å². The van der Waals surface area contributed by atoms with Crippen molar-refractivity contribution in [3.8, 4) is 0 Å². The number of hydrogen-bond donors (Lipinski definition) is 1. The van der Waals surface area contributed by atoms with Crippen molar-refractivity contribution in [1.82, 2.24) is 10.2 Å². The Morgan fingerprint density at radius 2 is 2.05 bits per heavy atom. The molecule has 1 fully saturated rings. The molecule has 1 saturated heterocycles. The van der Waals surface area contributed by atoms with Crippen LogP contribution in [0.15, 0.2) is 34.2 Å². The summed E-state index contributed by atoms with van der Waals surface area (Å²) in [5, 5.41) is 3.22. The summed E-state index contributed by atoms with van der Waals surface area (Å²) in [7, 11) is 0. The van der Waals surface area contributed by atoms with Crippen molar-refractivity contribution in [2.75, 3.05) is 32.8 Å². The zero-order valence-corrected chi connectivity index (χ0v) is 12.7. The van der Waals surface area contributed by atoms with Crippen LogP contribution >= 0.6 is 0 Å². The molecule has 112 valence electrons. The van der Waals surface area contributed by atoms with E-state index in [0.717, 1.165) is 44.8 Å². The molecule has 0 aromatic rings. The number of amidine groups is 1. The lowest BCUT2D eigenvalue weighted by Crippen LogP contribution is -2.39. The van der Waals surface area contributed by atoms with Crippen LogP contribution in [0.1, 0.15) is 26.7 Å². The van der Waals surface area contributed by atoms with Gasteiger partial charge in [-0.1, -0.05) is 26.5 Å². The molecule has 1 N–H and O–H groups in total. The van der Waals surface area contributed by atoms with E-state index in [4.69, 9.17) is 4.74 Å². The molecule has 5 heteroatoms. The fraction of sp³-hybridized carbons (Fsp3) is 0.600. The maximum absolute atomic E-state index is 5.32. The summed E-state index contributed by atoms with van der Waals surface area (Å²) < 4.78 is 5.32. The average Bonchev–Trinajstić information content (AvgIpc) is 2.47. The first-order chi connectivity index (χ1) is 9.69. The van der Waals surface area contributed by atoms with Crippen molar-refractivity contribution in [2.45, 2.75) is 26.7 Å². The minimum Gasteiger partial charge on any atom is -0.379 e. The summed E-state index contributed by atoms with van der Waals surface area (Å²) in [6.45, 7) is 15.8. The average molecular weight is 278 g/mol. The SMILES string of the molecule is C=NC(CN1CCOCC1)=NC(=C)N/C(=C/CC)CC. The van der Waals surface area contributed by atoms with Gasteiger partial charge in [0, 0.05) is 18.8 Å².